The molecule has 0 N–H and O–H groups in total. The average molecular weight is 380 g/mol. The number of aromatic nitrogens is 2. The Kier molecular flexibility index (Phi) is 4.23. The molecule has 0 saturated heterocycles. The number of benzene rings is 2. The van der Waals surface area contributed by atoms with Gasteiger partial charge in [-0.3, -0.25) is 0 Å². The molecule has 5 nitrogen and oxygen atoms in total. The summed E-state index contributed by atoms with van der Waals surface area (Å²) in [6.45, 7) is 0.155. The van der Waals surface area contributed by atoms with Crippen LogP contribution >= 0.6 is 11.8 Å². The number of ether oxygens (including phenoxy) is 2. The van der Waals surface area contributed by atoms with Gasteiger partial charge in [0.2, 0.25) is 12.7 Å². The number of alkyl halides is 3. The van der Waals surface area contributed by atoms with Crippen LogP contribution in [-0.4, -0.2) is 17.0 Å². The van der Waals surface area contributed by atoms with Gasteiger partial charge in [-0.05, 0) is 29.8 Å². The van der Waals surface area contributed by atoms with Gasteiger partial charge < -0.3 is 13.9 Å². The molecule has 9 heteroatoms. The van der Waals surface area contributed by atoms with E-state index in [1.165, 1.54) is 12.1 Å². The molecule has 0 bridgehead atoms. The summed E-state index contributed by atoms with van der Waals surface area (Å²) >= 11 is 1.05. The van der Waals surface area contributed by atoms with Crippen molar-refractivity contribution in [3.8, 4) is 23.0 Å². The Morgan fingerprint density at radius 2 is 1.81 bits per heavy atom. The van der Waals surface area contributed by atoms with E-state index in [1.54, 1.807) is 24.3 Å². The van der Waals surface area contributed by atoms with Gasteiger partial charge in [0.1, 0.15) is 0 Å². The van der Waals surface area contributed by atoms with E-state index in [4.69, 9.17) is 13.9 Å². The zero-order chi connectivity index (χ0) is 18.1. The fourth-order valence-electron chi connectivity index (χ4n) is 2.48. The molecule has 26 heavy (non-hydrogen) atoms. The van der Waals surface area contributed by atoms with Gasteiger partial charge in [0.25, 0.3) is 5.22 Å². The smallest absolute Gasteiger partial charge is 0.416 e. The van der Waals surface area contributed by atoms with E-state index in [0.29, 0.717) is 17.1 Å². The van der Waals surface area contributed by atoms with Gasteiger partial charge in [-0.2, -0.15) is 13.2 Å². The maximum absolute atomic E-state index is 13.0. The van der Waals surface area contributed by atoms with Crippen LogP contribution in [0.4, 0.5) is 13.2 Å². The lowest BCUT2D eigenvalue weighted by Gasteiger charge is -2.11. The molecule has 1 aliphatic rings. The number of rotatable bonds is 4. The van der Waals surface area contributed by atoms with Gasteiger partial charge in [-0.1, -0.05) is 30.0 Å². The molecule has 134 valence electrons. The molecular weight excluding hydrogens is 369 g/mol. The molecule has 0 aliphatic carbocycles. The second-order valence-corrected chi connectivity index (χ2v) is 6.31. The van der Waals surface area contributed by atoms with Crippen molar-refractivity contribution in [1.29, 1.82) is 0 Å². The lowest BCUT2D eigenvalue weighted by atomic mass is 10.1. The number of hydrogen-bond donors (Lipinski definition) is 0. The minimum Gasteiger partial charge on any atom is -0.454 e. The normalized spacial score (nSPS) is 13.2. The minimum absolute atomic E-state index is 0.0679. The van der Waals surface area contributed by atoms with Crippen LogP contribution < -0.4 is 9.47 Å². The summed E-state index contributed by atoms with van der Waals surface area (Å²) in [7, 11) is 0. The van der Waals surface area contributed by atoms with E-state index in [9.17, 15) is 13.2 Å². The third-order valence-corrected chi connectivity index (χ3v) is 4.57. The largest absolute Gasteiger partial charge is 0.454 e. The fourth-order valence-corrected chi connectivity index (χ4v) is 3.24. The van der Waals surface area contributed by atoms with Crippen molar-refractivity contribution >= 4 is 11.8 Å². The van der Waals surface area contributed by atoms with Crippen LogP contribution in [0.5, 0.6) is 11.5 Å². The Labute approximate surface area is 150 Å². The Bertz CT molecular complexity index is 943. The number of hydrogen-bond acceptors (Lipinski definition) is 6. The monoisotopic (exact) mass is 380 g/mol. The molecular formula is C17H11F3N2O3S. The molecule has 0 unspecified atom stereocenters. The predicted molar refractivity (Wildman–Crippen MR) is 86.9 cm³/mol. The Morgan fingerprint density at radius 1 is 1.00 bits per heavy atom. The first-order valence-corrected chi connectivity index (χ1v) is 8.51. The zero-order valence-corrected chi connectivity index (χ0v) is 13.9. The molecule has 2 heterocycles. The topological polar surface area (TPSA) is 57.4 Å². The van der Waals surface area contributed by atoms with Crippen molar-refractivity contribution in [3.63, 3.8) is 0 Å². The van der Waals surface area contributed by atoms with Crippen LogP contribution in [0.1, 0.15) is 11.1 Å². The Morgan fingerprint density at radius 3 is 2.65 bits per heavy atom. The third kappa shape index (κ3) is 3.34. The van der Waals surface area contributed by atoms with Crippen molar-refractivity contribution < 1.29 is 27.1 Å². The molecule has 0 radical (unpaired) electrons. The van der Waals surface area contributed by atoms with E-state index in [2.05, 4.69) is 10.2 Å². The van der Waals surface area contributed by atoms with Crippen LogP contribution in [0, 0.1) is 0 Å². The summed E-state index contributed by atoms with van der Waals surface area (Å²) in [5.41, 5.74) is 0.139. The maximum Gasteiger partial charge on any atom is 0.416 e. The molecule has 0 saturated carbocycles. The predicted octanol–water partition coefficient (Wildman–Crippen LogP) is 4.78. The highest BCUT2D eigenvalue weighted by Crippen LogP contribution is 2.37. The summed E-state index contributed by atoms with van der Waals surface area (Å²) in [5.74, 6) is 1.54. The summed E-state index contributed by atoms with van der Waals surface area (Å²) in [6.07, 6.45) is -4.40. The average Bonchev–Trinajstić information content (AvgIpc) is 3.28. The van der Waals surface area contributed by atoms with Crippen molar-refractivity contribution in [1.82, 2.24) is 10.2 Å². The second kappa shape index (κ2) is 6.56. The number of halogens is 3. The number of nitrogens with zero attached hydrogens (tertiary/aromatic N) is 2. The molecule has 1 aromatic heterocycles. The van der Waals surface area contributed by atoms with Crippen molar-refractivity contribution in [2.75, 3.05) is 6.79 Å². The molecule has 2 aromatic carbocycles. The van der Waals surface area contributed by atoms with E-state index in [-0.39, 0.29) is 29.2 Å². The first kappa shape index (κ1) is 16.8. The number of fused-ring (bicyclic) bond motifs is 1. The van der Waals surface area contributed by atoms with Crippen LogP contribution in [-0.2, 0) is 11.9 Å². The summed E-state index contributed by atoms with van der Waals surface area (Å²) in [6, 6.07) is 10.6. The molecule has 0 spiro atoms. The van der Waals surface area contributed by atoms with Crippen LogP contribution in [0.2, 0.25) is 0 Å². The van der Waals surface area contributed by atoms with Gasteiger partial charge in [-0.25, -0.2) is 0 Å². The Balaban J connectivity index is 1.50. The molecule has 1 aliphatic heterocycles. The first-order chi connectivity index (χ1) is 12.5. The third-order valence-electron chi connectivity index (χ3n) is 3.70. The van der Waals surface area contributed by atoms with Crippen LogP contribution in [0.15, 0.2) is 52.1 Å². The van der Waals surface area contributed by atoms with Crippen molar-refractivity contribution in [2.24, 2.45) is 0 Å². The summed E-state index contributed by atoms with van der Waals surface area (Å²) < 4.78 is 55.1. The van der Waals surface area contributed by atoms with E-state index in [1.807, 2.05) is 0 Å². The number of thioether (sulfide) groups is 1. The first-order valence-electron chi connectivity index (χ1n) is 7.52. The molecule has 4 rings (SSSR count). The summed E-state index contributed by atoms with van der Waals surface area (Å²) in [4.78, 5) is 0. The quantitative estimate of drug-likeness (QED) is 0.608. The highest BCUT2D eigenvalue weighted by atomic mass is 32.2. The second-order valence-electron chi connectivity index (χ2n) is 5.38. The molecule has 0 amide bonds. The van der Waals surface area contributed by atoms with Gasteiger partial charge >= 0.3 is 6.18 Å². The van der Waals surface area contributed by atoms with Crippen LogP contribution in [0.25, 0.3) is 11.5 Å². The van der Waals surface area contributed by atoms with E-state index >= 15 is 0 Å². The maximum atomic E-state index is 13.0. The zero-order valence-electron chi connectivity index (χ0n) is 13.1. The van der Waals surface area contributed by atoms with Crippen molar-refractivity contribution in [2.45, 2.75) is 17.2 Å². The minimum atomic E-state index is -4.40. The highest BCUT2D eigenvalue weighted by molar-refractivity contribution is 7.98. The van der Waals surface area contributed by atoms with E-state index in [0.717, 1.165) is 17.8 Å². The highest BCUT2D eigenvalue weighted by Gasteiger charge is 2.32. The molecule has 0 fully saturated rings. The van der Waals surface area contributed by atoms with Gasteiger partial charge in [0, 0.05) is 11.3 Å². The standard InChI is InChI=1S/C17H11F3N2O3S/c18-17(19,20)12-4-2-1-3-11(12)8-26-16-22-21-15(25-16)10-5-6-13-14(7-10)24-9-23-13/h1-7H,8-9H2. The lowest BCUT2D eigenvalue weighted by Crippen LogP contribution is -2.08. The van der Waals surface area contributed by atoms with Gasteiger partial charge in [0.05, 0.1) is 5.56 Å². The van der Waals surface area contributed by atoms with Gasteiger partial charge in [-0.15, -0.1) is 10.2 Å². The molecule has 3 aromatic rings. The lowest BCUT2D eigenvalue weighted by molar-refractivity contribution is -0.138. The SMILES string of the molecule is FC(F)(F)c1ccccc1CSc1nnc(-c2ccc3c(c2)OCO3)o1. The Hall–Kier alpha value is -2.68. The molecule has 0 atom stereocenters. The van der Waals surface area contributed by atoms with Crippen molar-refractivity contribution in [3.05, 3.63) is 53.6 Å². The van der Waals surface area contributed by atoms with Gasteiger partial charge in [0.15, 0.2) is 11.5 Å². The fraction of sp³-hybridized carbons (Fsp3) is 0.176. The van der Waals surface area contributed by atoms with Crippen LogP contribution in [0.3, 0.4) is 0 Å². The van der Waals surface area contributed by atoms with E-state index < -0.39 is 11.7 Å². The summed E-state index contributed by atoms with van der Waals surface area (Å²) in [5, 5.41) is 8.01.